The fourth-order valence-corrected chi connectivity index (χ4v) is 2.49. The first-order valence-electron chi connectivity index (χ1n) is 6.15. The van der Waals surface area contributed by atoms with Crippen molar-refractivity contribution < 1.29 is 4.42 Å². The number of hydrogen-bond acceptors (Lipinski definition) is 2. The van der Waals surface area contributed by atoms with Crippen molar-refractivity contribution in [1.29, 1.82) is 0 Å². The van der Waals surface area contributed by atoms with Crippen molar-refractivity contribution in [2.24, 2.45) is 11.7 Å². The van der Waals surface area contributed by atoms with Gasteiger partial charge in [0.2, 0.25) is 0 Å². The molecule has 0 spiro atoms. The van der Waals surface area contributed by atoms with Gasteiger partial charge >= 0.3 is 0 Å². The van der Waals surface area contributed by atoms with E-state index in [4.69, 9.17) is 10.2 Å². The summed E-state index contributed by atoms with van der Waals surface area (Å²) in [6.07, 6.45) is 7.53. The molecule has 15 heavy (non-hydrogen) atoms. The molecule has 1 saturated carbocycles. The highest BCUT2D eigenvalue weighted by atomic mass is 16.3. The summed E-state index contributed by atoms with van der Waals surface area (Å²) in [5.41, 5.74) is 6.24. The van der Waals surface area contributed by atoms with Crippen molar-refractivity contribution in [1.82, 2.24) is 0 Å². The lowest BCUT2D eigenvalue weighted by atomic mass is 9.83. The summed E-state index contributed by atoms with van der Waals surface area (Å²) in [5, 5.41) is 0. The maximum absolute atomic E-state index is 6.24. The lowest BCUT2D eigenvalue weighted by Gasteiger charge is -2.26. The fourth-order valence-electron chi connectivity index (χ4n) is 2.49. The molecule has 0 unspecified atom stereocenters. The van der Waals surface area contributed by atoms with E-state index >= 15 is 0 Å². The second-order valence-corrected chi connectivity index (χ2v) is 4.58. The maximum Gasteiger partial charge on any atom is 0.121 e. The van der Waals surface area contributed by atoms with E-state index in [-0.39, 0.29) is 6.04 Å². The van der Waals surface area contributed by atoms with E-state index in [1.807, 2.05) is 0 Å². The van der Waals surface area contributed by atoms with Crippen LogP contribution in [0.2, 0.25) is 0 Å². The van der Waals surface area contributed by atoms with Crippen molar-refractivity contribution in [2.45, 2.75) is 51.5 Å². The van der Waals surface area contributed by atoms with Gasteiger partial charge in [-0.25, -0.2) is 0 Å². The predicted octanol–water partition coefficient (Wildman–Crippen LogP) is 3.42. The van der Waals surface area contributed by atoms with Gasteiger partial charge in [0, 0.05) is 6.42 Å². The first-order chi connectivity index (χ1) is 7.31. The van der Waals surface area contributed by atoms with Gasteiger partial charge in [0.1, 0.15) is 11.5 Å². The monoisotopic (exact) mass is 207 g/mol. The Morgan fingerprint density at radius 3 is 2.67 bits per heavy atom. The van der Waals surface area contributed by atoms with Gasteiger partial charge in [0.15, 0.2) is 0 Å². The number of rotatable bonds is 3. The van der Waals surface area contributed by atoms with Crippen LogP contribution in [0.4, 0.5) is 0 Å². The summed E-state index contributed by atoms with van der Waals surface area (Å²) < 4.78 is 5.72. The molecule has 0 amide bonds. The molecule has 0 saturated heterocycles. The molecule has 1 aliphatic carbocycles. The smallest absolute Gasteiger partial charge is 0.121 e. The van der Waals surface area contributed by atoms with E-state index in [1.54, 1.807) is 0 Å². The molecule has 2 rings (SSSR count). The summed E-state index contributed by atoms with van der Waals surface area (Å²) in [6.45, 7) is 2.11. The quantitative estimate of drug-likeness (QED) is 0.824. The Morgan fingerprint density at radius 1 is 1.33 bits per heavy atom. The molecular formula is C13H21NO. The molecule has 0 aromatic carbocycles. The molecular weight excluding hydrogens is 186 g/mol. The van der Waals surface area contributed by atoms with Gasteiger partial charge in [-0.3, -0.25) is 0 Å². The van der Waals surface area contributed by atoms with Crippen LogP contribution in [0.1, 0.15) is 56.6 Å². The third kappa shape index (κ3) is 2.43. The van der Waals surface area contributed by atoms with Gasteiger partial charge < -0.3 is 10.2 Å². The molecule has 2 nitrogen and oxygen atoms in total. The third-order valence-corrected chi connectivity index (χ3v) is 3.52. The van der Waals surface area contributed by atoms with Crippen molar-refractivity contribution in [3.05, 3.63) is 23.7 Å². The molecule has 0 aliphatic heterocycles. The molecule has 1 aromatic heterocycles. The van der Waals surface area contributed by atoms with Crippen molar-refractivity contribution in [3.8, 4) is 0 Å². The SMILES string of the molecule is CCc1ccc([C@H](N)C2CCCCC2)o1. The molecule has 2 N–H and O–H groups in total. The second-order valence-electron chi connectivity index (χ2n) is 4.58. The predicted molar refractivity (Wildman–Crippen MR) is 61.6 cm³/mol. The zero-order valence-corrected chi connectivity index (χ0v) is 9.54. The maximum atomic E-state index is 6.24. The molecule has 1 aromatic rings. The van der Waals surface area contributed by atoms with Crippen molar-refractivity contribution in [3.63, 3.8) is 0 Å². The average molecular weight is 207 g/mol. The minimum Gasteiger partial charge on any atom is -0.464 e. The van der Waals surface area contributed by atoms with Gasteiger partial charge in [-0.15, -0.1) is 0 Å². The van der Waals surface area contributed by atoms with E-state index in [2.05, 4.69) is 19.1 Å². The zero-order valence-electron chi connectivity index (χ0n) is 9.54. The Hall–Kier alpha value is -0.760. The molecule has 2 heteroatoms. The minimum absolute atomic E-state index is 0.116. The second kappa shape index (κ2) is 4.84. The molecule has 1 heterocycles. The summed E-state index contributed by atoms with van der Waals surface area (Å²) in [5.74, 6) is 2.67. The number of furan rings is 1. The Bertz CT molecular complexity index is 299. The molecule has 1 aliphatic rings. The standard InChI is InChI=1S/C13H21NO/c1-2-11-8-9-12(15-11)13(14)10-6-4-3-5-7-10/h8-10,13H,2-7,14H2,1H3/t13-/m1/s1. The van der Waals surface area contributed by atoms with Crippen LogP contribution in [0, 0.1) is 5.92 Å². The molecule has 1 atom stereocenters. The first kappa shape index (κ1) is 10.7. The fraction of sp³-hybridized carbons (Fsp3) is 0.692. The number of nitrogens with two attached hydrogens (primary N) is 1. The third-order valence-electron chi connectivity index (χ3n) is 3.52. The van der Waals surface area contributed by atoms with E-state index in [1.165, 1.54) is 32.1 Å². The van der Waals surface area contributed by atoms with E-state index in [9.17, 15) is 0 Å². The molecule has 1 fully saturated rings. The number of hydrogen-bond donors (Lipinski definition) is 1. The minimum atomic E-state index is 0.116. The highest BCUT2D eigenvalue weighted by molar-refractivity contribution is 5.11. The van der Waals surface area contributed by atoms with Crippen LogP contribution in [0.25, 0.3) is 0 Å². The van der Waals surface area contributed by atoms with Gasteiger partial charge in [-0.1, -0.05) is 26.2 Å². The number of aryl methyl sites for hydroxylation is 1. The van der Waals surface area contributed by atoms with Gasteiger partial charge in [0.25, 0.3) is 0 Å². The van der Waals surface area contributed by atoms with E-state index < -0.39 is 0 Å². The summed E-state index contributed by atoms with van der Waals surface area (Å²) in [6, 6.07) is 4.22. The highest BCUT2D eigenvalue weighted by Crippen LogP contribution is 2.33. The zero-order chi connectivity index (χ0) is 10.7. The lowest BCUT2D eigenvalue weighted by Crippen LogP contribution is -2.23. The van der Waals surface area contributed by atoms with E-state index in [0.717, 1.165) is 17.9 Å². The first-order valence-corrected chi connectivity index (χ1v) is 6.15. The molecule has 0 bridgehead atoms. The molecule has 0 radical (unpaired) electrons. The van der Waals surface area contributed by atoms with Crippen LogP contribution in [0.5, 0.6) is 0 Å². The lowest BCUT2D eigenvalue weighted by molar-refractivity contribution is 0.277. The van der Waals surface area contributed by atoms with Crippen molar-refractivity contribution >= 4 is 0 Å². The average Bonchev–Trinajstić information content (AvgIpc) is 2.78. The van der Waals surface area contributed by atoms with Crippen LogP contribution in [-0.2, 0) is 6.42 Å². The van der Waals surface area contributed by atoms with Crippen LogP contribution >= 0.6 is 0 Å². The highest BCUT2D eigenvalue weighted by Gasteiger charge is 2.23. The van der Waals surface area contributed by atoms with Gasteiger partial charge in [-0.2, -0.15) is 0 Å². The van der Waals surface area contributed by atoms with Crippen LogP contribution in [0.3, 0.4) is 0 Å². The van der Waals surface area contributed by atoms with Crippen LogP contribution in [0.15, 0.2) is 16.5 Å². The van der Waals surface area contributed by atoms with E-state index in [0.29, 0.717) is 5.92 Å². The van der Waals surface area contributed by atoms with Crippen LogP contribution < -0.4 is 5.73 Å². The van der Waals surface area contributed by atoms with Crippen LogP contribution in [-0.4, -0.2) is 0 Å². The summed E-state index contributed by atoms with van der Waals surface area (Å²) >= 11 is 0. The topological polar surface area (TPSA) is 39.2 Å². The van der Waals surface area contributed by atoms with Gasteiger partial charge in [0.05, 0.1) is 6.04 Å². The molecule has 84 valence electrons. The largest absolute Gasteiger partial charge is 0.464 e. The van der Waals surface area contributed by atoms with Crippen molar-refractivity contribution in [2.75, 3.05) is 0 Å². The Balaban J connectivity index is 2.02. The normalized spacial score (nSPS) is 20.4. The Kier molecular flexibility index (Phi) is 3.47. The Labute approximate surface area is 91.8 Å². The summed E-state index contributed by atoms with van der Waals surface area (Å²) in [4.78, 5) is 0. The Morgan fingerprint density at radius 2 is 2.07 bits per heavy atom. The summed E-state index contributed by atoms with van der Waals surface area (Å²) in [7, 11) is 0. The van der Waals surface area contributed by atoms with Gasteiger partial charge in [-0.05, 0) is 30.9 Å².